The molecule has 1 N–H and O–H groups in total. The predicted octanol–water partition coefficient (Wildman–Crippen LogP) is 1.91. The molecule has 0 spiro atoms. The van der Waals surface area contributed by atoms with Crippen molar-refractivity contribution in [1.29, 1.82) is 0 Å². The number of aliphatic carboxylic acids is 1. The molecule has 0 aliphatic heterocycles. The first-order chi connectivity index (χ1) is 6.15. The Morgan fingerprint density at radius 3 is 2.69 bits per heavy atom. The second-order valence-electron chi connectivity index (χ2n) is 4.03. The predicted molar refractivity (Wildman–Crippen MR) is 49.6 cm³/mol. The second-order valence-corrected chi connectivity index (χ2v) is 4.03. The maximum absolute atomic E-state index is 10.8. The highest BCUT2D eigenvalue weighted by Crippen LogP contribution is 2.31. The molecule has 0 saturated heterocycles. The van der Waals surface area contributed by atoms with Crippen LogP contribution >= 0.6 is 0 Å². The number of carboxylic acid groups (broad SMARTS) is 1. The van der Waals surface area contributed by atoms with Crippen molar-refractivity contribution in [2.45, 2.75) is 38.7 Å². The van der Waals surface area contributed by atoms with Crippen molar-refractivity contribution in [2.24, 2.45) is 11.8 Å². The highest BCUT2D eigenvalue weighted by Gasteiger charge is 2.31. The van der Waals surface area contributed by atoms with Gasteiger partial charge in [-0.05, 0) is 24.7 Å². The van der Waals surface area contributed by atoms with Gasteiger partial charge in [0.15, 0.2) is 6.10 Å². The molecule has 1 aliphatic rings. The van der Waals surface area contributed by atoms with E-state index in [-0.39, 0.29) is 5.92 Å². The molecule has 0 heterocycles. The third-order valence-corrected chi connectivity index (χ3v) is 2.90. The molecule has 3 atom stereocenters. The molecule has 0 aromatic heterocycles. The molecule has 1 fully saturated rings. The van der Waals surface area contributed by atoms with Gasteiger partial charge in [0.05, 0.1) is 0 Å². The van der Waals surface area contributed by atoms with Crippen LogP contribution in [0.5, 0.6) is 0 Å². The average molecular weight is 186 g/mol. The molecule has 1 aliphatic carbocycles. The lowest BCUT2D eigenvalue weighted by molar-refractivity contribution is -0.153. The zero-order valence-corrected chi connectivity index (χ0v) is 8.32. The summed E-state index contributed by atoms with van der Waals surface area (Å²) in [6, 6.07) is 0. The van der Waals surface area contributed by atoms with Gasteiger partial charge in [-0.15, -0.1) is 0 Å². The molecule has 0 aromatic rings. The van der Waals surface area contributed by atoms with E-state index < -0.39 is 12.1 Å². The van der Waals surface area contributed by atoms with Crippen LogP contribution < -0.4 is 0 Å². The molecule has 0 bridgehead atoms. The SMILES string of the molecule is COC(C(=O)O)C1CCCC(C)C1. The number of methoxy groups -OCH3 is 1. The van der Waals surface area contributed by atoms with Crippen LogP contribution in [-0.4, -0.2) is 24.3 Å². The largest absolute Gasteiger partial charge is 0.479 e. The summed E-state index contributed by atoms with van der Waals surface area (Å²) >= 11 is 0. The number of hydrogen-bond acceptors (Lipinski definition) is 2. The Morgan fingerprint density at radius 1 is 1.54 bits per heavy atom. The quantitative estimate of drug-likeness (QED) is 0.732. The van der Waals surface area contributed by atoms with Gasteiger partial charge >= 0.3 is 5.97 Å². The molecule has 76 valence electrons. The van der Waals surface area contributed by atoms with E-state index in [2.05, 4.69) is 6.92 Å². The van der Waals surface area contributed by atoms with E-state index in [0.717, 1.165) is 19.3 Å². The number of rotatable bonds is 3. The van der Waals surface area contributed by atoms with E-state index in [4.69, 9.17) is 9.84 Å². The molecule has 3 nitrogen and oxygen atoms in total. The van der Waals surface area contributed by atoms with Gasteiger partial charge < -0.3 is 9.84 Å². The summed E-state index contributed by atoms with van der Waals surface area (Å²) in [5, 5.41) is 8.89. The third-order valence-electron chi connectivity index (χ3n) is 2.90. The van der Waals surface area contributed by atoms with Gasteiger partial charge in [-0.2, -0.15) is 0 Å². The Bertz CT molecular complexity index is 179. The standard InChI is InChI=1S/C10H18O3/c1-7-4-3-5-8(6-7)9(13-2)10(11)12/h7-9H,3-6H2,1-2H3,(H,11,12). The molecule has 3 heteroatoms. The molecule has 0 amide bonds. The molecular weight excluding hydrogens is 168 g/mol. The number of carbonyl (C=O) groups is 1. The number of ether oxygens (including phenoxy) is 1. The lowest BCUT2D eigenvalue weighted by Gasteiger charge is -2.30. The topological polar surface area (TPSA) is 46.5 Å². The summed E-state index contributed by atoms with van der Waals surface area (Å²) in [7, 11) is 1.48. The minimum absolute atomic E-state index is 0.214. The van der Waals surface area contributed by atoms with Crippen LogP contribution in [0.3, 0.4) is 0 Å². The maximum atomic E-state index is 10.8. The monoisotopic (exact) mass is 186 g/mol. The fourth-order valence-electron chi connectivity index (χ4n) is 2.25. The lowest BCUT2D eigenvalue weighted by atomic mass is 9.79. The summed E-state index contributed by atoms with van der Waals surface area (Å²) in [6.07, 6.45) is 3.76. The lowest BCUT2D eigenvalue weighted by Crippen LogP contribution is -2.34. The van der Waals surface area contributed by atoms with Crippen LogP contribution in [-0.2, 0) is 9.53 Å². The Morgan fingerprint density at radius 2 is 2.23 bits per heavy atom. The summed E-state index contributed by atoms with van der Waals surface area (Å²) in [4.78, 5) is 10.8. The van der Waals surface area contributed by atoms with E-state index >= 15 is 0 Å². The van der Waals surface area contributed by atoms with Crippen molar-refractivity contribution < 1.29 is 14.6 Å². The summed E-state index contributed by atoms with van der Waals surface area (Å²) in [6.45, 7) is 2.18. The molecule has 0 aromatic carbocycles. The van der Waals surface area contributed by atoms with E-state index in [1.54, 1.807) is 0 Å². The zero-order chi connectivity index (χ0) is 9.84. The van der Waals surface area contributed by atoms with Crippen molar-refractivity contribution in [2.75, 3.05) is 7.11 Å². The highest BCUT2D eigenvalue weighted by molar-refractivity contribution is 5.72. The van der Waals surface area contributed by atoms with Crippen LogP contribution in [0, 0.1) is 11.8 Å². The van der Waals surface area contributed by atoms with Crippen molar-refractivity contribution >= 4 is 5.97 Å². The first kappa shape index (κ1) is 10.5. The third kappa shape index (κ3) is 2.69. The number of carboxylic acids is 1. The summed E-state index contributed by atoms with van der Waals surface area (Å²) < 4.78 is 5.00. The first-order valence-electron chi connectivity index (χ1n) is 4.90. The maximum Gasteiger partial charge on any atom is 0.333 e. The Hall–Kier alpha value is -0.570. The van der Waals surface area contributed by atoms with Gasteiger partial charge in [0.25, 0.3) is 0 Å². The minimum atomic E-state index is -0.818. The van der Waals surface area contributed by atoms with Gasteiger partial charge in [-0.1, -0.05) is 19.8 Å². The van der Waals surface area contributed by atoms with Gasteiger partial charge in [0.2, 0.25) is 0 Å². The molecule has 0 radical (unpaired) electrons. The van der Waals surface area contributed by atoms with Gasteiger partial charge in [0, 0.05) is 7.11 Å². The van der Waals surface area contributed by atoms with Gasteiger partial charge in [-0.3, -0.25) is 0 Å². The van der Waals surface area contributed by atoms with Crippen LogP contribution in [0.15, 0.2) is 0 Å². The zero-order valence-electron chi connectivity index (χ0n) is 8.32. The van der Waals surface area contributed by atoms with Crippen LogP contribution in [0.1, 0.15) is 32.6 Å². The average Bonchev–Trinajstić information content (AvgIpc) is 2.04. The summed E-state index contributed by atoms with van der Waals surface area (Å²) in [5.74, 6) is 0.0450. The normalized spacial score (nSPS) is 31.2. The minimum Gasteiger partial charge on any atom is -0.479 e. The van der Waals surface area contributed by atoms with Crippen molar-refractivity contribution in [3.63, 3.8) is 0 Å². The second kappa shape index (κ2) is 4.61. The smallest absolute Gasteiger partial charge is 0.333 e. The molecule has 1 saturated carbocycles. The first-order valence-corrected chi connectivity index (χ1v) is 4.90. The Balaban J connectivity index is 2.52. The fraction of sp³-hybridized carbons (Fsp3) is 0.900. The van der Waals surface area contributed by atoms with Crippen LogP contribution in [0.2, 0.25) is 0 Å². The van der Waals surface area contributed by atoms with Crippen molar-refractivity contribution in [3.05, 3.63) is 0 Å². The van der Waals surface area contributed by atoms with Gasteiger partial charge in [0.1, 0.15) is 0 Å². The molecule has 1 rings (SSSR count). The Kier molecular flexibility index (Phi) is 3.72. The Labute approximate surface area is 79.1 Å². The summed E-state index contributed by atoms with van der Waals surface area (Å²) in [5.41, 5.74) is 0. The molecular formula is C10H18O3. The molecule has 3 unspecified atom stereocenters. The van der Waals surface area contributed by atoms with Crippen LogP contribution in [0.4, 0.5) is 0 Å². The van der Waals surface area contributed by atoms with Crippen molar-refractivity contribution in [1.82, 2.24) is 0 Å². The van der Waals surface area contributed by atoms with Gasteiger partial charge in [-0.25, -0.2) is 4.79 Å². The van der Waals surface area contributed by atoms with E-state index in [9.17, 15) is 4.79 Å². The van der Waals surface area contributed by atoms with Crippen molar-refractivity contribution in [3.8, 4) is 0 Å². The van der Waals surface area contributed by atoms with E-state index in [1.807, 2.05) is 0 Å². The fourth-order valence-corrected chi connectivity index (χ4v) is 2.25. The van der Waals surface area contributed by atoms with E-state index in [0.29, 0.717) is 5.92 Å². The van der Waals surface area contributed by atoms with Crippen LogP contribution in [0.25, 0.3) is 0 Å². The van der Waals surface area contributed by atoms with E-state index in [1.165, 1.54) is 13.5 Å². The highest BCUT2D eigenvalue weighted by atomic mass is 16.5. The number of hydrogen-bond donors (Lipinski definition) is 1. The molecule has 13 heavy (non-hydrogen) atoms.